The Morgan fingerprint density at radius 2 is 1.97 bits per heavy atom. The summed E-state index contributed by atoms with van der Waals surface area (Å²) in [6, 6.07) is 7.07. The van der Waals surface area contributed by atoms with Crippen LogP contribution in [-0.4, -0.2) is 57.4 Å². The third-order valence-electron chi connectivity index (χ3n) is 6.95. The van der Waals surface area contributed by atoms with Crippen LogP contribution in [-0.2, 0) is 4.57 Å². The number of carbonyl (C=O) groups is 1. The van der Waals surface area contributed by atoms with Gasteiger partial charge in [-0.15, -0.1) is 0 Å². The summed E-state index contributed by atoms with van der Waals surface area (Å²) in [5.74, 6) is -1.51. The lowest BCUT2D eigenvalue weighted by Crippen LogP contribution is -2.30. The van der Waals surface area contributed by atoms with Gasteiger partial charge in [-0.2, -0.15) is 13.9 Å². The van der Waals surface area contributed by atoms with Crippen molar-refractivity contribution in [1.82, 2.24) is 24.5 Å². The standard InChI is InChI=1S/C25H21F3N5O3P/c1-32-17-10-14(19-13(24(32)34)5-4-6-18(19)36-25(27)28)20-21(17)31-33-8-7-16(30-22(20)33)12-9-15(26)23(29-11-12)37(2,3)35/h4-9,11,14,17,25H,10H2,1-3H3. The fraction of sp³-hybridized carbons (Fsp3) is 0.280. The van der Waals surface area contributed by atoms with Gasteiger partial charge in [0, 0.05) is 47.6 Å². The van der Waals surface area contributed by atoms with Crippen molar-refractivity contribution in [1.29, 1.82) is 0 Å². The van der Waals surface area contributed by atoms with Crippen LogP contribution < -0.4 is 10.2 Å². The lowest BCUT2D eigenvalue weighted by Gasteiger charge is -2.23. The number of amides is 1. The molecule has 0 N–H and O–H groups in total. The highest BCUT2D eigenvalue weighted by Gasteiger charge is 2.46. The van der Waals surface area contributed by atoms with Crippen molar-refractivity contribution in [3.05, 3.63) is 70.9 Å². The highest BCUT2D eigenvalue weighted by Crippen LogP contribution is 2.53. The number of aromatic nitrogens is 4. The van der Waals surface area contributed by atoms with Crippen molar-refractivity contribution in [3.63, 3.8) is 0 Å². The van der Waals surface area contributed by atoms with E-state index in [0.29, 0.717) is 45.7 Å². The zero-order valence-electron chi connectivity index (χ0n) is 20.0. The lowest BCUT2D eigenvalue weighted by atomic mass is 9.89. The van der Waals surface area contributed by atoms with E-state index < -0.39 is 25.5 Å². The van der Waals surface area contributed by atoms with Crippen LogP contribution in [0.15, 0.2) is 42.7 Å². The maximum Gasteiger partial charge on any atom is 0.387 e. The highest BCUT2D eigenvalue weighted by molar-refractivity contribution is 7.69. The monoisotopic (exact) mass is 527 g/mol. The number of nitrogens with zero attached hydrogens (tertiary/aromatic N) is 5. The second kappa shape index (κ2) is 8.14. The molecular weight excluding hydrogens is 506 g/mol. The van der Waals surface area contributed by atoms with E-state index in [2.05, 4.69) is 10.1 Å². The average molecular weight is 527 g/mol. The van der Waals surface area contributed by atoms with Crippen LogP contribution in [0.2, 0.25) is 0 Å². The van der Waals surface area contributed by atoms with Gasteiger partial charge >= 0.3 is 6.61 Å². The maximum atomic E-state index is 14.7. The molecule has 1 aliphatic carbocycles. The number of hydrogen-bond acceptors (Lipinski definition) is 6. The van der Waals surface area contributed by atoms with E-state index in [-0.39, 0.29) is 23.1 Å². The predicted octanol–water partition coefficient (Wildman–Crippen LogP) is 4.44. The van der Waals surface area contributed by atoms with Gasteiger partial charge in [-0.3, -0.25) is 4.79 Å². The molecule has 3 aromatic heterocycles. The summed E-state index contributed by atoms with van der Waals surface area (Å²) in [4.78, 5) is 23.6. The van der Waals surface area contributed by atoms with E-state index >= 15 is 0 Å². The van der Waals surface area contributed by atoms with E-state index in [1.807, 2.05) is 0 Å². The van der Waals surface area contributed by atoms with Gasteiger partial charge in [-0.05, 0) is 44.0 Å². The number of hydrogen-bond donors (Lipinski definition) is 0. The van der Waals surface area contributed by atoms with Crippen LogP contribution in [0.1, 0.15) is 45.6 Å². The molecule has 4 aromatic rings. The Hall–Kier alpha value is -3.72. The highest BCUT2D eigenvalue weighted by atomic mass is 31.2. The van der Waals surface area contributed by atoms with Crippen molar-refractivity contribution in [2.45, 2.75) is 25.0 Å². The van der Waals surface area contributed by atoms with Gasteiger partial charge in [0.1, 0.15) is 18.3 Å². The molecule has 2 atom stereocenters. The summed E-state index contributed by atoms with van der Waals surface area (Å²) in [5, 5.41) is 4.67. The molecule has 12 heteroatoms. The Bertz CT molecular complexity index is 1650. The quantitative estimate of drug-likeness (QED) is 0.365. The number of rotatable bonds is 4. The van der Waals surface area contributed by atoms with Crippen LogP contribution in [0.3, 0.4) is 0 Å². The van der Waals surface area contributed by atoms with Crippen molar-refractivity contribution < 1.29 is 27.3 Å². The first-order valence-corrected chi connectivity index (χ1v) is 14.1. The van der Waals surface area contributed by atoms with E-state index in [4.69, 9.17) is 9.72 Å². The topological polar surface area (TPSA) is 89.7 Å². The molecule has 2 bridgehead atoms. The largest absolute Gasteiger partial charge is 0.434 e. The van der Waals surface area contributed by atoms with Crippen LogP contribution in [0, 0.1) is 5.82 Å². The van der Waals surface area contributed by atoms with Gasteiger partial charge in [0.15, 0.2) is 11.5 Å². The summed E-state index contributed by atoms with van der Waals surface area (Å²) >= 11 is 0. The number of alkyl halides is 2. The molecule has 37 heavy (non-hydrogen) atoms. The maximum absolute atomic E-state index is 14.7. The Kier molecular flexibility index (Phi) is 5.21. The molecule has 190 valence electrons. The van der Waals surface area contributed by atoms with E-state index in [1.165, 1.54) is 37.7 Å². The molecule has 1 amide bonds. The number of benzene rings is 1. The second-order valence-electron chi connectivity index (χ2n) is 9.58. The number of carbonyl (C=O) groups excluding carboxylic acids is 1. The fourth-order valence-electron chi connectivity index (χ4n) is 5.35. The van der Waals surface area contributed by atoms with Crippen molar-refractivity contribution in [2.24, 2.45) is 0 Å². The van der Waals surface area contributed by atoms with E-state index in [0.717, 1.165) is 0 Å². The van der Waals surface area contributed by atoms with Crippen molar-refractivity contribution in [2.75, 3.05) is 20.4 Å². The Morgan fingerprint density at radius 1 is 1.19 bits per heavy atom. The minimum Gasteiger partial charge on any atom is -0.434 e. The number of fused-ring (bicyclic) bond motifs is 9. The van der Waals surface area contributed by atoms with Crippen LogP contribution in [0.4, 0.5) is 13.2 Å². The first-order valence-electron chi connectivity index (χ1n) is 11.5. The second-order valence-corrected chi connectivity index (χ2v) is 12.7. The van der Waals surface area contributed by atoms with E-state index in [1.54, 1.807) is 34.8 Å². The van der Waals surface area contributed by atoms with Crippen LogP contribution in [0.25, 0.3) is 16.9 Å². The molecule has 6 rings (SSSR count). The third kappa shape index (κ3) is 3.63. The molecule has 0 fully saturated rings. The summed E-state index contributed by atoms with van der Waals surface area (Å²) < 4.78 is 60.0. The lowest BCUT2D eigenvalue weighted by molar-refractivity contribution is -0.0505. The van der Waals surface area contributed by atoms with Crippen molar-refractivity contribution >= 4 is 24.1 Å². The first-order chi connectivity index (χ1) is 17.5. The van der Waals surface area contributed by atoms with Crippen molar-refractivity contribution in [3.8, 4) is 17.0 Å². The third-order valence-corrected chi connectivity index (χ3v) is 8.30. The average Bonchev–Trinajstić information content (AvgIpc) is 3.35. The molecule has 0 spiro atoms. The SMILES string of the molecule is CN1C(=O)c2cccc(OC(F)F)c2C2CC1c1nn3ccc(-c4cnc(P(C)(C)=O)c(F)c4)nc3c12. The van der Waals surface area contributed by atoms with Gasteiger partial charge in [0.05, 0.1) is 17.4 Å². The van der Waals surface area contributed by atoms with Gasteiger partial charge in [-0.25, -0.2) is 18.9 Å². The number of ether oxygens (including phenoxy) is 1. The molecule has 0 saturated carbocycles. The van der Waals surface area contributed by atoms with Crippen LogP contribution >= 0.6 is 7.14 Å². The van der Waals surface area contributed by atoms with Gasteiger partial charge < -0.3 is 14.2 Å². The summed E-state index contributed by atoms with van der Waals surface area (Å²) in [5.41, 5.74) is 3.18. The zero-order chi connectivity index (χ0) is 26.2. The minimum atomic E-state index is -3.06. The smallest absolute Gasteiger partial charge is 0.387 e. The molecule has 0 saturated heterocycles. The molecule has 8 nitrogen and oxygen atoms in total. The van der Waals surface area contributed by atoms with Gasteiger partial charge in [-0.1, -0.05) is 6.07 Å². The van der Waals surface area contributed by atoms with Gasteiger partial charge in [0.25, 0.3) is 5.91 Å². The summed E-state index contributed by atoms with van der Waals surface area (Å²) in [6.45, 7) is -0.159. The molecule has 2 unspecified atom stereocenters. The summed E-state index contributed by atoms with van der Waals surface area (Å²) in [7, 11) is -1.24. The molecule has 0 radical (unpaired) electrons. The minimum absolute atomic E-state index is 0.0614. The fourth-order valence-corrected chi connectivity index (χ4v) is 6.26. The summed E-state index contributed by atoms with van der Waals surface area (Å²) in [6.07, 6.45) is 3.53. The molecule has 1 aromatic carbocycles. The predicted molar refractivity (Wildman–Crippen MR) is 130 cm³/mol. The first kappa shape index (κ1) is 23.7. The molecular formula is C25H21F3N5O3P. The number of halogens is 3. The Labute approximate surface area is 209 Å². The number of pyridine rings is 1. The van der Waals surface area contributed by atoms with E-state index in [9.17, 15) is 22.5 Å². The molecule has 4 heterocycles. The molecule has 2 aliphatic rings. The normalized spacial score (nSPS) is 18.8. The van der Waals surface area contributed by atoms with Gasteiger partial charge in [0.2, 0.25) is 0 Å². The van der Waals surface area contributed by atoms with Crippen LogP contribution in [0.5, 0.6) is 5.75 Å². The molecule has 1 aliphatic heterocycles. The Balaban J connectivity index is 1.54. The Morgan fingerprint density at radius 3 is 2.68 bits per heavy atom. The zero-order valence-corrected chi connectivity index (χ0v) is 20.9.